The van der Waals surface area contributed by atoms with Crippen LogP contribution in [-0.2, 0) is 35.2 Å². The van der Waals surface area contributed by atoms with E-state index in [1.165, 1.54) is 0 Å². The van der Waals surface area contributed by atoms with Crippen molar-refractivity contribution in [2.24, 2.45) is 5.92 Å². The molecule has 0 fully saturated rings. The van der Waals surface area contributed by atoms with E-state index in [0.717, 1.165) is 5.56 Å². The van der Waals surface area contributed by atoms with Gasteiger partial charge in [-0.05, 0) is 17.9 Å². The Hall–Kier alpha value is -2.21. The monoisotopic (exact) mass is 350 g/mol. The van der Waals surface area contributed by atoms with Crippen molar-refractivity contribution >= 4 is 17.9 Å². The van der Waals surface area contributed by atoms with E-state index in [-0.39, 0.29) is 32.0 Å². The number of hydrogen-bond donors (Lipinski definition) is 0. The van der Waals surface area contributed by atoms with Crippen LogP contribution < -0.4 is 0 Å². The first-order chi connectivity index (χ1) is 11.9. The fourth-order valence-electron chi connectivity index (χ4n) is 2.05. The number of carbonyl (C=O) groups excluding carboxylic acids is 3. The van der Waals surface area contributed by atoms with Crippen LogP contribution in [0.2, 0.25) is 0 Å². The molecule has 6 heteroatoms. The van der Waals surface area contributed by atoms with Gasteiger partial charge in [-0.15, -0.1) is 0 Å². The van der Waals surface area contributed by atoms with Gasteiger partial charge in [0.05, 0.1) is 13.0 Å². The van der Waals surface area contributed by atoms with E-state index in [4.69, 9.17) is 9.47 Å². The van der Waals surface area contributed by atoms with Crippen LogP contribution in [0.3, 0.4) is 0 Å². The molecular weight excluding hydrogens is 324 g/mol. The van der Waals surface area contributed by atoms with Crippen LogP contribution in [-0.4, -0.2) is 30.6 Å². The lowest BCUT2D eigenvalue weighted by molar-refractivity contribution is -0.166. The molecule has 0 aromatic heterocycles. The highest BCUT2D eigenvalue weighted by Crippen LogP contribution is 2.11. The molecule has 0 aliphatic heterocycles. The molecule has 0 amide bonds. The molecule has 1 aromatic rings. The third-order valence-electron chi connectivity index (χ3n) is 3.35. The highest BCUT2D eigenvalue weighted by Gasteiger charge is 2.25. The minimum atomic E-state index is -0.775. The van der Waals surface area contributed by atoms with Crippen molar-refractivity contribution in [3.05, 3.63) is 35.9 Å². The third kappa shape index (κ3) is 8.44. The van der Waals surface area contributed by atoms with E-state index >= 15 is 0 Å². The summed E-state index contributed by atoms with van der Waals surface area (Å²) in [6, 6.07) is 9.34. The number of ether oxygens (including phenoxy) is 3. The number of benzene rings is 1. The maximum absolute atomic E-state index is 12.2. The van der Waals surface area contributed by atoms with Gasteiger partial charge in [0.2, 0.25) is 0 Å². The molecule has 0 aliphatic carbocycles. The molecule has 0 aliphatic rings. The molecule has 0 bridgehead atoms. The molecular formula is C19H26O6. The Labute approximate surface area is 148 Å². The minimum absolute atomic E-state index is 0.0124. The zero-order valence-corrected chi connectivity index (χ0v) is 15.0. The van der Waals surface area contributed by atoms with Crippen LogP contribution in [0.5, 0.6) is 0 Å². The quantitative estimate of drug-likeness (QED) is 0.477. The van der Waals surface area contributed by atoms with Gasteiger partial charge in [-0.1, -0.05) is 51.1 Å². The molecule has 1 atom stereocenters. The molecule has 1 aromatic carbocycles. The van der Waals surface area contributed by atoms with Gasteiger partial charge in [0.15, 0.2) is 6.10 Å². The Morgan fingerprint density at radius 3 is 2.24 bits per heavy atom. The van der Waals surface area contributed by atoms with E-state index in [1.54, 1.807) is 0 Å². The second kappa shape index (κ2) is 11.4. The number of rotatable bonds is 10. The lowest BCUT2D eigenvalue weighted by atomic mass is 10.1. The summed E-state index contributed by atoms with van der Waals surface area (Å²) < 4.78 is 15.4. The Morgan fingerprint density at radius 1 is 1.00 bits per heavy atom. The summed E-state index contributed by atoms with van der Waals surface area (Å²) in [6.45, 7) is 5.64. The molecule has 0 radical (unpaired) electrons. The summed E-state index contributed by atoms with van der Waals surface area (Å²) in [5.74, 6) is -1.79. The van der Waals surface area contributed by atoms with Gasteiger partial charge in [-0.3, -0.25) is 9.59 Å². The summed E-state index contributed by atoms with van der Waals surface area (Å²) >= 11 is 0. The minimum Gasteiger partial charge on any atom is -0.459 e. The molecule has 25 heavy (non-hydrogen) atoms. The largest absolute Gasteiger partial charge is 0.459 e. The second-order valence-corrected chi connectivity index (χ2v) is 5.97. The van der Waals surface area contributed by atoms with E-state index in [9.17, 15) is 14.4 Å². The van der Waals surface area contributed by atoms with Gasteiger partial charge in [-0.25, -0.2) is 4.79 Å². The Morgan fingerprint density at radius 2 is 1.64 bits per heavy atom. The fourth-order valence-corrected chi connectivity index (χ4v) is 2.05. The van der Waals surface area contributed by atoms with Crippen molar-refractivity contribution in [2.75, 3.05) is 6.61 Å². The number of hydrogen-bond acceptors (Lipinski definition) is 6. The topological polar surface area (TPSA) is 78.9 Å². The predicted molar refractivity (Wildman–Crippen MR) is 91.4 cm³/mol. The van der Waals surface area contributed by atoms with Crippen LogP contribution in [0.4, 0.5) is 0 Å². The SMILES string of the molecule is CCCC(=O)OC(=O)CCOC(C(=O)OCc1ccccc1)C(C)C. The van der Waals surface area contributed by atoms with Crippen LogP contribution in [0.15, 0.2) is 30.3 Å². The van der Waals surface area contributed by atoms with E-state index in [1.807, 2.05) is 51.1 Å². The number of esters is 3. The Bertz CT molecular complexity index is 552. The predicted octanol–water partition coefficient (Wildman–Crippen LogP) is 3.03. The van der Waals surface area contributed by atoms with Crippen LogP contribution in [0, 0.1) is 5.92 Å². The van der Waals surface area contributed by atoms with Gasteiger partial charge in [0.25, 0.3) is 0 Å². The zero-order valence-electron chi connectivity index (χ0n) is 15.0. The standard InChI is InChI=1S/C19H26O6/c1-4-8-16(20)25-17(21)11-12-23-18(14(2)3)19(22)24-13-15-9-6-5-7-10-15/h5-7,9-10,14,18H,4,8,11-13H2,1-3H3. The molecule has 0 saturated heterocycles. The maximum atomic E-state index is 12.2. The van der Waals surface area contributed by atoms with Gasteiger partial charge in [-0.2, -0.15) is 0 Å². The summed E-state index contributed by atoms with van der Waals surface area (Å²) in [5, 5.41) is 0. The van der Waals surface area contributed by atoms with Crippen molar-refractivity contribution in [1.29, 1.82) is 0 Å². The third-order valence-corrected chi connectivity index (χ3v) is 3.35. The smallest absolute Gasteiger partial charge is 0.335 e. The summed E-state index contributed by atoms with van der Waals surface area (Å²) in [5.41, 5.74) is 0.886. The Balaban J connectivity index is 2.39. The lowest BCUT2D eigenvalue weighted by Crippen LogP contribution is -2.32. The first-order valence-electron chi connectivity index (χ1n) is 8.49. The van der Waals surface area contributed by atoms with E-state index in [0.29, 0.717) is 6.42 Å². The number of carbonyl (C=O) groups is 3. The molecule has 0 saturated carbocycles. The van der Waals surface area contributed by atoms with Gasteiger partial charge in [0, 0.05) is 6.42 Å². The van der Waals surface area contributed by atoms with Crippen LogP contribution in [0.1, 0.15) is 45.6 Å². The molecule has 6 nitrogen and oxygen atoms in total. The molecule has 1 rings (SSSR count). The lowest BCUT2D eigenvalue weighted by Gasteiger charge is -2.19. The Kier molecular flexibility index (Phi) is 9.47. The first kappa shape index (κ1) is 20.8. The van der Waals surface area contributed by atoms with Crippen molar-refractivity contribution in [1.82, 2.24) is 0 Å². The average molecular weight is 350 g/mol. The molecule has 0 spiro atoms. The molecule has 0 N–H and O–H groups in total. The fraction of sp³-hybridized carbons (Fsp3) is 0.526. The average Bonchev–Trinajstić information content (AvgIpc) is 2.57. The van der Waals surface area contributed by atoms with Gasteiger partial charge < -0.3 is 14.2 Å². The van der Waals surface area contributed by atoms with Crippen LogP contribution in [0.25, 0.3) is 0 Å². The highest BCUT2D eigenvalue weighted by atomic mass is 16.6. The first-order valence-corrected chi connectivity index (χ1v) is 8.49. The normalized spacial score (nSPS) is 11.8. The van der Waals surface area contributed by atoms with E-state index < -0.39 is 24.0 Å². The molecule has 138 valence electrons. The van der Waals surface area contributed by atoms with Crippen LogP contribution >= 0.6 is 0 Å². The maximum Gasteiger partial charge on any atom is 0.335 e. The van der Waals surface area contributed by atoms with E-state index in [2.05, 4.69) is 4.74 Å². The second-order valence-electron chi connectivity index (χ2n) is 5.97. The van der Waals surface area contributed by atoms with Crippen molar-refractivity contribution in [3.63, 3.8) is 0 Å². The highest BCUT2D eigenvalue weighted by molar-refractivity contribution is 5.85. The van der Waals surface area contributed by atoms with Crippen molar-refractivity contribution in [2.45, 2.75) is 52.7 Å². The summed E-state index contributed by atoms with van der Waals surface area (Å²) in [7, 11) is 0. The molecule has 1 unspecified atom stereocenters. The summed E-state index contributed by atoms with van der Waals surface area (Å²) in [4.78, 5) is 34.9. The molecule has 0 heterocycles. The van der Waals surface area contributed by atoms with Crippen molar-refractivity contribution in [3.8, 4) is 0 Å². The zero-order chi connectivity index (χ0) is 18.7. The van der Waals surface area contributed by atoms with Gasteiger partial charge >= 0.3 is 17.9 Å². The van der Waals surface area contributed by atoms with Crippen molar-refractivity contribution < 1.29 is 28.6 Å². The van der Waals surface area contributed by atoms with Gasteiger partial charge in [0.1, 0.15) is 6.61 Å². The summed E-state index contributed by atoms with van der Waals surface area (Å²) in [6.07, 6.45) is -0.0500.